The predicted octanol–water partition coefficient (Wildman–Crippen LogP) is 5.65. The molecule has 0 spiro atoms. The standard InChI is InChI=1S/C24H23BrO4/c1-16-12-13-21(27-2)19(14-16)22(24(26)28-3)18-10-7-11-20(25)23(18)29-15-17-8-5-4-6-9-17/h4-14,22H,15H2,1-3H3/t22-/m0/s1. The van der Waals surface area contributed by atoms with Gasteiger partial charge in [0.15, 0.2) is 0 Å². The molecule has 3 aromatic rings. The van der Waals surface area contributed by atoms with Crippen molar-refractivity contribution >= 4 is 21.9 Å². The van der Waals surface area contributed by atoms with Crippen molar-refractivity contribution < 1.29 is 19.0 Å². The minimum Gasteiger partial charge on any atom is -0.496 e. The van der Waals surface area contributed by atoms with Gasteiger partial charge >= 0.3 is 5.97 Å². The van der Waals surface area contributed by atoms with E-state index in [1.807, 2.05) is 73.7 Å². The molecule has 3 aromatic carbocycles. The number of carbonyl (C=O) groups is 1. The minimum atomic E-state index is -0.682. The van der Waals surface area contributed by atoms with Gasteiger partial charge in [-0.1, -0.05) is 60.2 Å². The zero-order chi connectivity index (χ0) is 20.8. The van der Waals surface area contributed by atoms with Gasteiger partial charge in [0.2, 0.25) is 0 Å². The van der Waals surface area contributed by atoms with E-state index >= 15 is 0 Å². The van der Waals surface area contributed by atoms with Crippen LogP contribution >= 0.6 is 15.9 Å². The molecule has 0 unspecified atom stereocenters. The highest BCUT2D eigenvalue weighted by Gasteiger charge is 2.30. The summed E-state index contributed by atoms with van der Waals surface area (Å²) in [5.41, 5.74) is 3.52. The van der Waals surface area contributed by atoms with Gasteiger partial charge in [-0.3, -0.25) is 4.79 Å². The molecular weight excluding hydrogens is 432 g/mol. The maximum Gasteiger partial charge on any atom is 0.317 e. The number of para-hydroxylation sites is 1. The Kier molecular flexibility index (Phi) is 6.94. The third-order valence-corrected chi connectivity index (χ3v) is 5.29. The summed E-state index contributed by atoms with van der Waals surface area (Å²) in [6.45, 7) is 2.36. The Morgan fingerprint density at radius 2 is 1.72 bits per heavy atom. The van der Waals surface area contributed by atoms with Crippen molar-refractivity contribution in [3.05, 3.63) is 93.5 Å². The SMILES string of the molecule is COC(=O)[C@H](c1cc(C)ccc1OC)c1cccc(Br)c1OCc1ccccc1. The van der Waals surface area contributed by atoms with Crippen LogP contribution < -0.4 is 9.47 Å². The number of methoxy groups -OCH3 is 2. The molecule has 0 aromatic heterocycles. The number of aryl methyl sites for hydroxylation is 1. The molecular formula is C24H23BrO4. The largest absolute Gasteiger partial charge is 0.496 e. The highest BCUT2D eigenvalue weighted by molar-refractivity contribution is 9.10. The Hall–Kier alpha value is -2.79. The zero-order valence-corrected chi connectivity index (χ0v) is 18.2. The summed E-state index contributed by atoms with van der Waals surface area (Å²) >= 11 is 3.57. The average Bonchev–Trinajstić information content (AvgIpc) is 2.74. The summed E-state index contributed by atoms with van der Waals surface area (Å²) in [5.74, 6) is 0.171. The molecule has 150 valence electrons. The molecule has 3 rings (SSSR count). The molecule has 29 heavy (non-hydrogen) atoms. The second-order valence-electron chi connectivity index (χ2n) is 6.63. The molecule has 0 saturated carbocycles. The first-order valence-electron chi connectivity index (χ1n) is 9.22. The van der Waals surface area contributed by atoms with Crippen LogP contribution in [0.1, 0.15) is 28.2 Å². The lowest BCUT2D eigenvalue weighted by atomic mass is 9.89. The highest BCUT2D eigenvalue weighted by atomic mass is 79.9. The lowest BCUT2D eigenvalue weighted by Gasteiger charge is -2.22. The van der Waals surface area contributed by atoms with Crippen LogP contribution in [0.4, 0.5) is 0 Å². The summed E-state index contributed by atoms with van der Waals surface area (Å²) < 4.78 is 17.6. The molecule has 0 fully saturated rings. The Morgan fingerprint density at radius 3 is 2.41 bits per heavy atom. The number of esters is 1. The highest BCUT2D eigenvalue weighted by Crippen LogP contribution is 2.41. The number of ether oxygens (including phenoxy) is 3. The summed E-state index contributed by atoms with van der Waals surface area (Å²) in [6, 6.07) is 21.3. The Labute approximate surface area is 179 Å². The topological polar surface area (TPSA) is 44.8 Å². The van der Waals surface area contributed by atoms with Crippen LogP contribution in [-0.4, -0.2) is 20.2 Å². The quantitative estimate of drug-likeness (QED) is 0.432. The van der Waals surface area contributed by atoms with Crippen LogP contribution in [0.2, 0.25) is 0 Å². The molecule has 0 aliphatic heterocycles. The fourth-order valence-electron chi connectivity index (χ4n) is 3.25. The second-order valence-corrected chi connectivity index (χ2v) is 7.49. The monoisotopic (exact) mass is 454 g/mol. The molecule has 0 radical (unpaired) electrons. The van der Waals surface area contributed by atoms with Crippen molar-refractivity contribution in [1.82, 2.24) is 0 Å². The first-order valence-corrected chi connectivity index (χ1v) is 10.0. The smallest absolute Gasteiger partial charge is 0.317 e. The van der Waals surface area contributed by atoms with Gasteiger partial charge in [-0.25, -0.2) is 0 Å². The molecule has 0 saturated heterocycles. The van der Waals surface area contributed by atoms with E-state index in [0.717, 1.165) is 21.2 Å². The van der Waals surface area contributed by atoms with E-state index in [2.05, 4.69) is 15.9 Å². The van der Waals surface area contributed by atoms with E-state index in [4.69, 9.17) is 14.2 Å². The Bertz CT molecular complexity index is 985. The van der Waals surface area contributed by atoms with E-state index < -0.39 is 5.92 Å². The number of rotatable bonds is 7. The molecule has 4 nitrogen and oxygen atoms in total. The first kappa shape index (κ1) is 20.9. The lowest BCUT2D eigenvalue weighted by molar-refractivity contribution is -0.141. The fourth-order valence-corrected chi connectivity index (χ4v) is 3.75. The number of hydrogen-bond donors (Lipinski definition) is 0. The Balaban J connectivity index is 2.09. The molecule has 1 atom stereocenters. The molecule has 0 heterocycles. The van der Waals surface area contributed by atoms with E-state index in [-0.39, 0.29) is 5.97 Å². The summed E-state index contributed by atoms with van der Waals surface area (Å²) in [5, 5.41) is 0. The normalized spacial score (nSPS) is 11.6. The lowest BCUT2D eigenvalue weighted by Crippen LogP contribution is -2.18. The maximum atomic E-state index is 12.9. The van der Waals surface area contributed by atoms with Crippen molar-refractivity contribution in [2.24, 2.45) is 0 Å². The second kappa shape index (κ2) is 9.61. The number of carbonyl (C=O) groups excluding carboxylic acids is 1. The number of halogens is 1. The third-order valence-electron chi connectivity index (χ3n) is 4.67. The Morgan fingerprint density at radius 1 is 0.966 bits per heavy atom. The molecule has 0 aliphatic carbocycles. The molecule has 0 amide bonds. The van der Waals surface area contributed by atoms with Crippen LogP contribution in [0.5, 0.6) is 11.5 Å². The third kappa shape index (κ3) is 4.80. The van der Waals surface area contributed by atoms with Gasteiger partial charge in [0, 0.05) is 11.1 Å². The van der Waals surface area contributed by atoms with E-state index in [1.165, 1.54) is 7.11 Å². The molecule has 0 bridgehead atoms. The molecule has 0 N–H and O–H groups in total. The van der Waals surface area contributed by atoms with Gasteiger partial charge in [0.1, 0.15) is 24.0 Å². The zero-order valence-electron chi connectivity index (χ0n) is 16.6. The first-order chi connectivity index (χ1) is 14.0. The number of benzene rings is 3. The average molecular weight is 455 g/mol. The summed E-state index contributed by atoms with van der Waals surface area (Å²) in [6.07, 6.45) is 0. The van der Waals surface area contributed by atoms with Gasteiger partial charge in [-0.05, 0) is 40.5 Å². The maximum absolute atomic E-state index is 12.9. The van der Waals surface area contributed by atoms with E-state index in [1.54, 1.807) is 7.11 Å². The van der Waals surface area contributed by atoms with Crippen molar-refractivity contribution in [1.29, 1.82) is 0 Å². The van der Waals surface area contributed by atoms with Crippen molar-refractivity contribution in [3.8, 4) is 11.5 Å². The van der Waals surface area contributed by atoms with E-state index in [0.29, 0.717) is 23.7 Å². The minimum absolute atomic E-state index is 0.378. The fraction of sp³-hybridized carbons (Fsp3) is 0.208. The van der Waals surface area contributed by atoms with Crippen LogP contribution in [0.3, 0.4) is 0 Å². The van der Waals surface area contributed by atoms with Gasteiger partial charge < -0.3 is 14.2 Å². The van der Waals surface area contributed by atoms with Gasteiger partial charge in [0.25, 0.3) is 0 Å². The van der Waals surface area contributed by atoms with Gasteiger partial charge in [-0.2, -0.15) is 0 Å². The number of hydrogen-bond acceptors (Lipinski definition) is 4. The predicted molar refractivity (Wildman–Crippen MR) is 117 cm³/mol. The van der Waals surface area contributed by atoms with Gasteiger partial charge in [0.05, 0.1) is 18.7 Å². The van der Waals surface area contributed by atoms with Crippen molar-refractivity contribution in [2.75, 3.05) is 14.2 Å². The van der Waals surface area contributed by atoms with Crippen LogP contribution in [-0.2, 0) is 16.1 Å². The molecule has 5 heteroatoms. The van der Waals surface area contributed by atoms with Crippen LogP contribution in [0, 0.1) is 6.92 Å². The van der Waals surface area contributed by atoms with Gasteiger partial charge in [-0.15, -0.1) is 0 Å². The summed E-state index contributed by atoms with van der Waals surface area (Å²) in [4.78, 5) is 12.9. The summed E-state index contributed by atoms with van der Waals surface area (Å²) in [7, 11) is 2.98. The van der Waals surface area contributed by atoms with Crippen LogP contribution in [0.15, 0.2) is 71.2 Å². The van der Waals surface area contributed by atoms with Crippen molar-refractivity contribution in [2.45, 2.75) is 19.4 Å². The van der Waals surface area contributed by atoms with Crippen LogP contribution in [0.25, 0.3) is 0 Å². The van der Waals surface area contributed by atoms with Crippen molar-refractivity contribution in [3.63, 3.8) is 0 Å². The van der Waals surface area contributed by atoms with E-state index in [9.17, 15) is 4.79 Å². The molecule has 0 aliphatic rings.